The fourth-order valence-corrected chi connectivity index (χ4v) is 4.19. The van der Waals surface area contributed by atoms with Crippen LogP contribution in [0.2, 0.25) is 0 Å². The van der Waals surface area contributed by atoms with Crippen LogP contribution in [0.1, 0.15) is 17.5 Å². The topological polar surface area (TPSA) is 60.9 Å². The molecule has 32 heavy (non-hydrogen) atoms. The number of carbonyl (C=O) groups excluding carboxylic acids is 3. The van der Waals surface area contributed by atoms with Crippen LogP contribution in [0.15, 0.2) is 54.6 Å². The van der Waals surface area contributed by atoms with Gasteiger partial charge in [0.15, 0.2) is 0 Å². The summed E-state index contributed by atoms with van der Waals surface area (Å²) >= 11 is 0. The van der Waals surface area contributed by atoms with Crippen molar-refractivity contribution in [3.63, 3.8) is 0 Å². The molecule has 1 atom stereocenters. The molecule has 168 valence electrons. The normalized spacial score (nSPS) is 19.8. The predicted octanol–water partition coefficient (Wildman–Crippen LogP) is 2.93. The molecule has 2 aromatic carbocycles. The smallest absolute Gasteiger partial charge is 0.338 e. The van der Waals surface area contributed by atoms with Crippen molar-refractivity contribution in [2.45, 2.75) is 19.1 Å². The van der Waals surface area contributed by atoms with Crippen LogP contribution in [0, 0.1) is 5.92 Å². The molecule has 1 unspecified atom stereocenters. The molecule has 0 saturated carbocycles. The second-order valence-corrected chi connectivity index (χ2v) is 8.09. The molecule has 2 fully saturated rings. The Morgan fingerprint density at radius 2 is 1.62 bits per heavy atom. The van der Waals surface area contributed by atoms with Crippen molar-refractivity contribution in [2.75, 3.05) is 31.1 Å². The molecule has 0 aliphatic carbocycles. The summed E-state index contributed by atoms with van der Waals surface area (Å²) < 4.78 is 39.0. The highest BCUT2D eigenvalue weighted by atomic mass is 19.4. The predicted molar refractivity (Wildman–Crippen MR) is 110 cm³/mol. The standard InChI is InChI=1S/C23H22F3N3O3/c24-23(25,26)18-7-4-8-19(12-18)29-10-9-27(21(31)22(29)32)14-17-11-20(30)28(15-17)13-16-5-2-1-3-6-16/h1-8,12,17H,9-11,13-15H2. The lowest BCUT2D eigenvalue weighted by molar-refractivity contribution is -0.146. The third-order valence-corrected chi connectivity index (χ3v) is 5.78. The van der Waals surface area contributed by atoms with E-state index in [0.29, 0.717) is 19.5 Å². The van der Waals surface area contributed by atoms with E-state index >= 15 is 0 Å². The molecule has 9 heteroatoms. The Kier molecular flexibility index (Phi) is 5.90. The Morgan fingerprint density at radius 3 is 2.34 bits per heavy atom. The second-order valence-electron chi connectivity index (χ2n) is 8.09. The van der Waals surface area contributed by atoms with Gasteiger partial charge in [0.1, 0.15) is 0 Å². The summed E-state index contributed by atoms with van der Waals surface area (Å²) in [5, 5.41) is 0. The molecule has 2 saturated heterocycles. The van der Waals surface area contributed by atoms with E-state index in [1.807, 2.05) is 30.3 Å². The number of halogens is 3. The lowest BCUT2D eigenvalue weighted by Gasteiger charge is -2.35. The van der Waals surface area contributed by atoms with Crippen LogP contribution >= 0.6 is 0 Å². The van der Waals surface area contributed by atoms with Crippen LogP contribution in [-0.4, -0.2) is 53.7 Å². The Balaban J connectivity index is 1.38. The molecule has 2 aliphatic heterocycles. The zero-order chi connectivity index (χ0) is 22.9. The van der Waals surface area contributed by atoms with E-state index in [9.17, 15) is 27.6 Å². The average molecular weight is 445 g/mol. The molecule has 2 aliphatic rings. The van der Waals surface area contributed by atoms with Gasteiger partial charge in [0, 0.05) is 50.7 Å². The monoisotopic (exact) mass is 445 g/mol. The van der Waals surface area contributed by atoms with Crippen LogP contribution < -0.4 is 4.90 Å². The van der Waals surface area contributed by atoms with Gasteiger partial charge in [-0.3, -0.25) is 14.4 Å². The first-order valence-corrected chi connectivity index (χ1v) is 10.3. The quantitative estimate of drug-likeness (QED) is 0.665. The number of benzene rings is 2. The van der Waals surface area contributed by atoms with Gasteiger partial charge in [0.2, 0.25) is 5.91 Å². The first kappa shape index (κ1) is 21.9. The fourth-order valence-electron chi connectivity index (χ4n) is 4.19. The molecule has 0 aromatic heterocycles. The maximum absolute atomic E-state index is 13.0. The molecule has 0 bridgehead atoms. The number of hydrogen-bond donors (Lipinski definition) is 0. The van der Waals surface area contributed by atoms with Gasteiger partial charge < -0.3 is 14.7 Å². The first-order valence-electron chi connectivity index (χ1n) is 10.3. The van der Waals surface area contributed by atoms with Crippen molar-refractivity contribution in [1.29, 1.82) is 0 Å². The van der Waals surface area contributed by atoms with E-state index < -0.39 is 23.6 Å². The molecule has 4 rings (SSSR count). The van der Waals surface area contributed by atoms with Crippen molar-refractivity contribution < 1.29 is 27.6 Å². The van der Waals surface area contributed by atoms with Crippen molar-refractivity contribution in [1.82, 2.24) is 9.80 Å². The van der Waals surface area contributed by atoms with E-state index in [1.54, 1.807) is 4.90 Å². The summed E-state index contributed by atoms with van der Waals surface area (Å²) in [5.74, 6) is -1.72. The minimum atomic E-state index is -4.54. The summed E-state index contributed by atoms with van der Waals surface area (Å²) in [5.41, 5.74) is 0.186. The molecule has 2 heterocycles. The molecular formula is C23H22F3N3O3. The summed E-state index contributed by atoms with van der Waals surface area (Å²) in [6.07, 6.45) is -4.24. The van der Waals surface area contributed by atoms with Gasteiger partial charge in [-0.25, -0.2) is 0 Å². The number of nitrogens with zero attached hydrogens (tertiary/aromatic N) is 3. The molecule has 2 aromatic rings. The van der Waals surface area contributed by atoms with E-state index in [0.717, 1.165) is 22.6 Å². The average Bonchev–Trinajstić information content (AvgIpc) is 3.10. The highest BCUT2D eigenvalue weighted by Crippen LogP contribution is 2.32. The highest BCUT2D eigenvalue weighted by Gasteiger charge is 2.38. The van der Waals surface area contributed by atoms with Crippen LogP contribution in [0.25, 0.3) is 0 Å². The van der Waals surface area contributed by atoms with Crippen molar-refractivity contribution in [3.8, 4) is 0 Å². The van der Waals surface area contributed by atoms with Crippen molar-refractivity contribution in [2.24, 2.45) is 5.92 Å². The van der Waals surface area contributed by atoms with E-state index in [4.69, 9.17) is 0 Å². The SMILES string of the molecule is O=C1CC(CN2CCN(c3cccc(C(F)(F)F)c3)C(=O)C2=O)CN1Cc1ccccc1. The summed E-state index contributed by atoms with van der Waals surface area (Å²) in [6, 6.07) is 14.0. The molecule has 0 N–H and O–H groups in total. The van der Waals surface area contributed by atoms with Gasteiger partial charge in [0.25, 0.3) is 0 Å². The van der Waals surface area contributed by atoms with Crippen LogP contribution in [-0.2, 0) is 27.1 Å². The molecule has 0 radical (unpaired) electrons. The molecule has 3 amide bonds. The van der Waals surface area contributed by atoms with Gasteiger partial charge in [-0.1, -0.05) is 36.4 Å². The Hall–Kier alpha value is -3.36. The largest absolute Gasteiger partial charge is 0.416 e. The maximum atomic E-state index is 13.0. The molecule has 6 nitrogen and oxygen atoms in total. The third kappa shape index (κ3) is 4.61. The van der Waals surface area contributed by atoms with E-state index in [2.05, 4.69) is 0 Å². The Morgan fingerprint density at radius 1 is 0.875 bits per heavy atom. The Bertz CT molecular complexity index is 1030. The number of rotatable bonds is 5. The third-order valence-electron chi connectivity index (χ3n) is 5.78. The zero-order valence-corrected chi connectivity index (χ0v) is 17.2. The van der Waals surface area contributed by atoms with E-state index in [-0.39, 0.29) is 37.1 Å². The lowest BCUT2D eigenvalue weighted by atomic mass is 10.1. The number of piperazine rings is 1. The molecule has 0 spiro atoms. The Labute approximate surface area is 183 Å². The summed E-state index contributed by atoms with van der Waals surface area (Å²) in [6.45, 7) is 1.54. The van der Waals surface area contributed by atoms with Crippen LogP contribution in [0.3, 0.4) is 0 Å². The van der Waals surface area contributed by atoms with E-state index in [1.165, 1.54) is 17.0 Å². The summed E-state index contributed by atoms with van der Waals surface area (Å²) in [7, 11) is 0. The van der Waals surface area contributed by atoms with Crippen molar-refractivity contribution in [3.05, 3.63) is 65.7 Å². The zero-order valence-electron chi connectivity index (χ0n) is 17.2. The lowest BCUT2D eigenvalue weighted by Crippen LogP contribution is -2.55. The minimum Gasteiger partial charge on any atom is -0.338 e. The van der Waals surface area contributed by atoms with Gasteiger partial charge in [-0.15, -0.1) is 0 Å². The number of anilines is 1. The number of likely N-dealkylation sites (tertiary alicyclic amines) is 1. The van der Waals surface area contributed by atoms with Gasteiger partial charge >= 0.3 is 18.0 Å². The second kappa shape index (κ2) is 8.64. The fraction of sp³-hybridized carbons (Fsp3) is 0.348. The van der Waals surface area contributed by atoms with Crippen LogP contribution in [0.5, 0.6) is 0 Å². The van der Waals surface area contributed by atoms with Crippen molar-refractivity contribution >= 4 is 23.4 Å². The number of amides is 3. The van der Waals surface area contributed by atoms with Crippen LogP contribution in [0.4, 0.5) is 18.9 Å². The highest BCUT2D eigenvalue weighted by molar-refractivity contribution is 6.41. The van der Waals surface area contributed by atoms with Gasteiger partial charge in [-0.2, -0.15) is 13.2 Å². The first-order chi connectivity index (χ1) is 15.2. The summed E-state index contributed by atoms with van der Waals surface area (Å²) in [4.78, 5) is 41.9. The molecular weight excluding hydrogens is 423 g/mol. The maximum Gasteiger partial charge on any atom is 0.416 e. The number of carbonyl (C=O) groups is 3. The van der Waals surface area contributed by atoms with Gasteiger partial charge in [-0.05, 0) is 23.8 Å². The number of hydrogen-bond acceptors (Lipinski definition) is 3. The number of alkyl halides is 3. The van der Waals surface area contributed by atoms with Gasteiger partial charge in [0.05, 0.1) is 5.56 Å². The minimum absolute atomic E-state index is 0.000213.